The van der Waals surface area contributed by atoms with E-state index >= 15 is 0 Å². The fourth-order valence-corrected chi connectivity index (χ4v) is 9.44. The quantitative estimate of drug-likeness (QED) is 0.160. The van der Waals surface area contributed by atoms with E-state index in [-0.39, 0.29) is 0 Å². The van der Waals surface area contributed by atoms with Gasteiger partial charge in [0.05, 0.1) is 22.1 Å². The van der Waals surface area contributed by atoms with E-state index in [0.29, 0.717) is 0 Å². The summed E-state index contributed by atoms with van der Waals surface area (Å²) in [5.41, 5.74) is 16.8. The van der Waals surface area contributed by atoms with Gasteiger partial charge in [-0.05, 0) is 116 Å². The number of aromatic nitrogens is 2. The van der Waals surface area contributed by atoms with E-state index in [9.17, 15) is 0 Å². The van der Waals surface area contributed by atoms with E-state index in [0.717, 1.165) is 11.4 Å². The average Bonchev–Trinajstić information content (AvgIpc) is 3.84. The van der Waals surface area contributed by atoms with Crippen molar-refractivity contribution in [1.29, 1.82) is 0 Å². The van der Waals surface area contributed by atoms with Crippen molar-refractivity contribution >= 4 is 54.4 Å². The maximum Gasteiger partial charge on any atom is 0.0547 e. The van der Waals surface area contributed by atoms with Gasteiger partial charge in [-0.2, -0.15) is 0 Å². The van der Waals surface area contributed by atoms with Gasteiger partial charge in [0, 0.05) is 32.9 Å². The van der Waals surface area contributed by atoms with Crippen LogP contribution in [-0.2, 0) is 0 Å². The molecule has 0 aliphatic carbocycles. The number of rotatable bonds is 6. The van der Waals surface area contributed by atoms with Crippen molar-refractivity contribution in [2.24, 2.45) is 0 Å². The molecule has 2 nitrogen and oxygen atoms in total. The number of para-hydroxylation sites is 1. The summed E-state index contributed by atoms with van der Waals surface area (Å²) in [5, 5.41) is 7.47. The highest BCUT2D eigenvalue weighted by Gasteiger charge is 2.18. The van der Waals surface area contributed by atoms with Crippen molar-refractivity contribution in [2.45, 2.75) is 0 Å². The van der Waals surface area contributed by atoms with E-state index < -0.39 is 0 Å². The highest BCUT2D eigenvalue weighted by Crippen LogP contribution is 2.41. The monoisotopic (exact) mass is 762 g/mol. The summed E-state index contributed by atoms with van der Waals surface area (Å²) in [6.07, 6.45) is 0. The zero-order valence-corrected chi connectivity index (χ0v) is 32.8. The predicted octanol–water partition coefficient (Wildman–Crippen LogP) is 15.7. The molecule has 0 amide bonds. The van der Waals surface area contributed by atoms with Crippen molar-refractivity contribution in [2.75, 3.05) is 0 Å². The van der Waals surface area contributed by atoms with Gasteiger partial charge in [0.15, 0.2) is 0 Å². The smallest absolute Gasteiger partial charge is 0.0547 e. The maximum atomic E-state index is 2.44. The number of hydrogen-bond donors (Lipinski definition) is 0. The standard InChI is InChI=1S/C58H38N2/c1-3-13-39(14-4-1)41-25-30-47(31-26-41)59-56-33-28-45(37-54(56)52-32-27-46(38-58(52)59)50-23-12-18-42-17-7-8-21-49(42)50)44-29-34-57-53(36-44)51-22-9-10-24-55(51)60(57)48-20-11-19-43(35-48)40-15-5-2-6-16-40/h1-38H. The van der Waals surface area contributed by atoms with Crippen LogP contribution in [0.5, 0.6) is 0 Å². The van der Waals surface area contributed by atoms with Gasteiger partial charge in [-0.25, -0.2) is 0 Å². The molecule has 0 aliphatic rings. The molecule has 0 saturated carbocycles. The van der Waals surface area contributed by atoms with Crippen LogP contribution in [0.2, 0.25) is 0 Å². The molecular weight excluding hydrogens is 725 g/mol. The van der Waals surface area contributed by atoms with Gasteiger partial charge in [0.2, 0.25) is 0 Å². The van der Waals surface area contributed by atoms with E-state index in [1.807, 2.05) is 0 Å². The Morgan fingerprint density at radius 3 is 1.43 bits per heavy atom. The summed E-state index contributed by atoms with van der Waals surface area (Å²) in [7, 11) is 0. The lowest BCUT2D eigenvalue weighted by molar-refractivity contribution is 1.18. The summed E-state index contributed by atoms with van der Waals surface area (Å²) in [6.45, 7) is 0. The molecule has 10 aromatic carbocycles. The first kappa shape index (κ1) is 34.1. The predicted molar refractivity (Wildman–Crippen MR) is 254 cm³/mol. The molecule has 12 rings (SSSR count). The van der Waals surface area contributed by atoms with Gasteiger partial charge in [0.1, 0.15) is 0 Å². The minimum absolute atomic E-state index is 1.14. The molecule has 12 aromatic rings. The first-order chi connectivity index (χ1) is 29.7. The molecule has 0 bridgehead atoms. The first-order valence-electron chi connectivity index (χ1n) is 20.7. The van der Waals surface area contributed by atoms with Gasteiger partial charge in [-0.15, -0.1) is 0 Å². The van der Waals surface area contributed by atoms with Crippen LogP contribution >= 0.6 is 0 Å². The van der Waals surface area contributed by atoms with E-state index in [2.05, 4.69) is 240 Å². The molecule has 2 aromatic heterocycles. The molecule has 0 radical (unpaired) electrons. The summed E-state index contributed by atoms with van der Waals surface area (Å²) in [6, 6.07) is 84.2. The molecular formula is C58H38N2. The third-order valence-corrected chi connectivity index (χ3v) is 12.3. The van der Waals surface area contributed by atoms with Crippen molar-refractivity contribution in [3.63, 3.8) is 0 Å². The largest absolute Gasteiger partial charge is 0.309 e. The molecule has 0 fully saturated rings. The molecule has 280 valence electrons. The minimum atomic E-state index is 1.14. The van der Waals surface area contributed by atoms with Gasteiger partial charge in [0.25, 0.3) is 0 Å². The molecule has 0 N–H and O–H groups in total. The lowest BCUT2D eigenvalue weighted by Gasteiger charge is -2.12. The van der Waals surface area contributed by atoms with Crippen molar-refractivity contribution in [3.8, 4) is 55.9 Å². The number of benzene rings is 10. The van der Waals surface area contributed by atoms with Crippen LogP contribution in [0.3, 0.4) is 0 Å². The zero-order chi connectivity index (χ0) is 39.6. The summed E-state index contributed by atoms with van der Waals surface area (Å²) in [4.78, 5) is 0. The molecule has 0 atom stereocenters. The second-order valence-corrected chi connectivity index (χ2v) is 15.7. The second-order valence-electron chi connectivity index (χ2n) is 15.7. The summed E-state index contributed by atoms with van der Waals surface area (Å²) >= 11 is 0. The number of nitrogens with zero attached hydrogens (tertiary/aromatic N) is 2. The van der Waals surface area contributed by atoms with Crippen molar-refractivity contribution in [1.82, 2.24) is 9.13 Å². The summed E-state index contributed by atoms with van der Waals surface area (Å²) in [5.74, 6) is 0. The van der Waals surface area contributed by atoms with Crippen LogP contribution in [0, 0.1) is 0 Å². The number of hydrogen-bond acceptors (Lipinski definition) is 0. The summed E-state index contributed by atoms with van der Waals surface area (Å²) < 4.78 is 4.85. The number of fused-ring (bicyclic) bond motifs is 7. The van der Waals surface area contributed by atoms with Crippen LogP contribution in [-0.4, -0.2) is 9.13 Å². The topological polar surface area (TPSA) is 9.86 Å². The Morgan fingerprint density at radius 2 is 0.700 bits per heavy atom. The van der Waals surface area contributed by atoms with Crippen molar-refractivity contribution < 1.29 is 0 Å². The van der Waals surface area contributed by atoms with Gasteiger partial charge in [-0.1, -0.05) is 170 Å². The van der Waals surface area contributed by atoms with Crippen molar-refractivity contribution in [3.05, 3.63) is 231 Å². The van der Waals surface area contributed by atoms with Gasteiger partial charge >= 0.3 is 0 Å². The Morgan fingerprint density at radius 1 is 0.217 bits per heavy atom. The third kappa shape index (κ3) is 5.57. The first-order valence-corrected chi connectivity index (χ1v) is 20.7. The molecule has 2 heterocycles. The van der Waals surface area contributed by atoms with E-state index in [1.165, 1.54) is 98.9 Å². The van der Waals surface area contributed by atoms with Crippen LogP contribution in [0.25, 0.3) is 110 Å². The Kier molecular flexibility index (Phi) is 7.89. The average molecular weight is 763 g/mol. The minimum Gasteiger partial charge on any atom is -0.309 e. The SMILES string of the molecule is c1ccc(-c2ccc(-n3c4ccc(-c5ccc6c(c5)c5ccccc5n6-c5cccc(-c6ccccc6)c5)cc4c4ccc(-c5cccc6ccccc56)cc43)cc2)cc1. The highest BCUT2D eigenvalue weighted by atomic mass is 15.0. The fraction of sp³-hybridized carbons (Fsp3) is 0. The molecule has 0 saturated heterocycles. The van der Waals surface area contributed by atoms with E-state index in [4.69, 9.17) is 0 Å². The molecule has 0 spiro atoms. The fourth-order valence-electron chi connectivity index (χ4n) is 9.44. The van der Waals surface area contributed by atoms with Crippen LogP contribution in [0.15, 0.2) is 231 Å². The van der Waals surface area contributed by atoms with E-state index in [1.54, 1.807) is 0 Å². The van der Waals surface area contributed by atoms with Gasteiger partial charge < -0.3 is 9.13 Å². The second kappa shape index (κ2) is 13.9. The normalized spacial score (nSPS) is 11.7. The Labute approximate surface area is 348 Å². The Bertz CT molecular complexity index is 3570. The molecule has 2 heteroatoms. The zero-order valence-electron chi connectivity index (χ0n) is 32.8. The highest BCUT2D eigenvalue weighted by molar-refractivity contribution is 6.13. The lowest BCUT2D eigenvalue weighted by atomic mass is 9.97. The Balaban J connectivity index is 1.03. The van der Waals surface area contributed by atoms with Crippen LogP contribution < -0.4 is 0 Å². The maximum absolute atomic E-state index is 2.44. The molecule has 0 unspecified atom stereocenters. The van der Waals surface area contributed by atoms with Crippen LogP contribution in [0.4, 0.5) is 0 Å². The van der Waals surface area contributed by atoms with Gasteiger partial charge in [-0.3, -0.25) is 0 Å². The Hall–Kier alpha value is -7.94. The molecule has 60 heavy (non-hydrogen) atoms. The lowest BCUT2D eigenvalue weighted by Crippen LogP contribution is -1.94. The van der Waals surface area contributed by atoms with Crippen LogP contribution in [0.1, 0.15) is 0 Å². The molecule has 0 aliphatic heterocycles. The third-order valence-electron chi connectivity index (χ3n) is 12.3.